The molecule has 0 fully saturated rings. The van der Waals surface area contributed by atoms with Crippen molar-refractivity contribution in [1.82, 2.24) is 19.8 Å². The molecule has 0 radical (unpaired) electrons. The quantitative estimate of drug-likeness (QED) is 0.619. The van der Waals surface area contributed by atoms with E-state index in [-0.39, 0.29) is 5.91 Å². The number of nitrogens with zero attached hydrogens (tertiary/aromatic N) is 4. The highest BCUT2D eigenvalue weighted by Crippen LogP contribution is 2.31. The number of hydrogen-bond acceptors (Lipinski definition) is 6. The van der Waals surface area contributed by atoms with Gasteiger partial charge in [0, 0.05) is 5.56 Å². The van der Waals surface area contributed by atoms with Gasteiger partial charge in [-0.3, -0.25) is 4.79 Å². The summed E-state index contributed by atoms with van der Waals surface area (Å²) in [6, 6.07) is 11.3. The zero-order valence-corrected chi connectivity index (χ0v) is 13.7. The standard InChI is InChI=1S/C15H11N5OS2/c1-9-17-18-15-20(9)19-14(23-15)10-5-2-3-6-11(10)16-13(21)12-7-4-8-22-12/h2-8H,1H3,(H,16,21). The van der Waals surface area contributed by atoms with Crippen molar-refractivity contribution in [3.8, 4) is 10.6 Å². The van der Waals surface area contributed by atoms with Gasteiger partial charge in [0.2, 0.25) is 4.96 Å². The highest BCUT2D eigenvalue weighted by atomic mass is 32.1. The molecule has 8 heteroatoms. The SMILES string of the molecule is Cc1nnc2sc(-c3ccccc3NC(=O)c3cccs3)nn12. The van der Waals surface area contributed by atoms with Crippen LogP contribution in [0.4, 0.5) is 5.69 Å². The van der Waals surface area contributed by atoms with Crippen LogP contribution in [0.5, 0.6) is 0 Å². The zero-order chi connectivity index (χ0) is 15.8. The molecule has 1 N–H and O–H groups in total. The molecule has 0 aliphatic rings. The molecule has 0 bridgehead atoms. The van der Waals surface area contributed by atoms with Gasteiger partial charge in [-0.2, -0.15) is 9.61 Å². The molecule has 3 heterocycles. The Morgan fingerprint density at radius 3 is 2.83 bits per heavy atom. The molecule has 0 spiro atoms. The summed E-state index contributed by atoms with van der Waals surface area (Å²) in [6.45, 7) is 1.86. The van der Waals surface area contributed by atoms with Crippen LogP contribution in [-0.4, -0.2) is 25.7 Å². The lowest BCUT2D eigenvalue weighted by Gasteiger charge is -2.08. The van der Waals surface area contributed by atoms with Gasteiger partial charge in [0.1, 0.15) is 5.01 Å². The van der Waals surface area contributed by atoms with Crippen LogP contribution in [0.15, 0.2) is 41.8 Å². The van der Waals surface area contributed by atoms with Crippen LogP contribution in [0.2, 0.25) is 0 Å². The van der Waals surface area contributed by atoms with E-state index in [4.69, 9.17) is 0 Å². The first-order valence-corrected chi connectivity index (χ1v) is 8.55. The number of anilines is 1. The molecule has 0 aliphatic carbocycles. The van der Waals surface area contributed by atoms with Crippen molar-refractivity contribution < 1.29 is 4.79 Å². The summed E-state index contributed by atoms with van der Waals surface area (Å²) >= 11 is 2.85. The van der Waals surface area contributed by atoms with Crippen molar-refractivity contribution in [2.75, 3.05) is 5.32 Å². The molecule has 0 saturated carbocycles. The van der Waals surface area contributed by atoms with Gasteiger partial charge >= 0.3 is 0 Å². The van der Waals surface area contributed by atoms with Crippen molar-refractivity contribution in [2.24, 2.45) is 0 Å². The summed E-state index contributed by atoms with van der Waals surface area (Å²) in [5.74, 6) is 0.620. The lowest BCUT2D eigenvalue weighted by atomic mass is 10.2. The fourth-order valence-corrected chi connectivity index (χ4v) is 3.74. The summed E-state index contributed by atoms with van der Waals surface area (Å²) in [5.41, 5.74) is 1.60. The Morgan fingerprint density at radius 1 is 1.17 bits per heavy atom. The summed E-state index contributed by atoms with van der Waals surface area (Å²) in [4.78, 5) is 13.7. The van der Waals surface area contributed by atoms with Crippen LogP contribution in [-0.2, 0) is 0 Å². The lowest BCUT2D eigenvalue weighted by molar-refractivity contribution is 0.103. The maximum Gasteiger partial charge on any atom is 0.265 e. The molecular formula is C15H11N5OS2. The largest absolute Gasteiger partial charge is 0.321 e. The number of thiophene rings is 1. The van der Waals surface area contributed by atoms with Gasteiger partial charge in [-0.25, -0.2) is 0 Å². The van der Waals surface area contributed by atoms with Crippen molar-refractivity contribution in [3.05, 3.63) is 52.5 Å². The minimum Gasteiger partial charge on any atom is -0.321 e. The second-order valence-electron chi connectivity index (χ2n) is 4.83. The van der Waals surface area contributed by atoms with Gasteiger partial charge < -0.3 is 5.32 Å². The van der Waals surface area contributed by atoms with Gasteiger partial charge in [0.15, 0.2) is 5.82 Å². The Balaban J connectivity index is 1.73. The third-order valence-corrected chi connectivity index (χ3v) is 5.10. The molecule has 4 aromatic rings. The Morgan fingerprint density at radius 2 is 2.04 bits per heavy atom. The molecule has 0 saturated heterocycles. The fraction of sp³-hybridized carbons (Fsp3) is 0.0667. The van der Waals surface area contributed by atoms with Crippen molar-refractivity contribution in [1.29, 1.82) is 0 Å². The third-order valence-electron chi connectivity index (χ3n) is 3.30. The van der Waals surface area contributed by atoms with Crippen molar-refractivity contribution in [3.63, 3.8) is 0 Å². The van der Waals surface area contributed by atoms with Crippen molar-refractivity contribution in [2.45, 2.75) is 6.92 Å². The molecule has 4 rings (SSSR count). The second-order valence-corrected chi connectivity index (χ2v) is 6.73. The van der Waals surface area contributed by atoms with Crippen LogP contribution < -0.4 is 5.32 Å². The zero-order valence-electron chi connectivity index (χ0n) is 12.1. The number of benzene rings is 1. The number of amides is 1. The van der Waals surface area contributed by atoms with E-state index in [2.05, 4.69) is 20.6 Å². The highest BCUT2D eigenvalue weighted by Gasteiger charge is 2.15. The van der Waals surface area contributed by atoms with Crippen molar-refractivity contribution >= 4 is 39.2 Å². The third kappa shape index (κ3) is 2.51. The second kappa shape index (κ2) is 5.56. The minimum atomic E-state index is -0.119. The number of nitrogens with one attached hydrogen (secondary N) is 1. The number of fused-ring (bicyclic) bond motifs is 1. The first-order chi connectivity index (χ1) is 11.2. The van der Waals surface area contributed by atoms with E-state index in [0.717, 1.165) is 27.0 Å². The van der Waals surface area contributed by atoms with E-state index in [1.165, 1.54) is 22.7 Å². The molecule has 0 atom stereocenters. The fourth-order valence-electron chi connectivity index (χ4n) is 2.19. The first kappa shape index (κ1) is 14.0. The molecule has 23 heavy (non-hydrogen) atoms. The Labute approximate surface area is 139 Å². The Kier molecular flexibility index (Phi) is 3.40. The average molecular weight is 341 g/mol. The highest BCUT2D eigenvalue weighted by molar-refractivity contribution is 7.19. The van der Waals surface area contributed by atoms with Gasteiger partial charge in [0.05, 0.1) is 10.6 Å². The molecule has 6 nitrogen and oxygen atoms in total. The van der Waals surface area contributed by atoms with Crippen LogP contribution in [0.3, 0.4) is 0 Å². The Bertz CT molecular complexity index is 987. The number of hydrogen-bond donors (Lipinski definition) is 1. The molecule has 0 aliphatic heterocycles. The summed E-state index contributed by atoms with van der Waals surface area (Å²) < 4.78 is 1.71. The average Bonchev–Trinajstić information content (AvgIpc) is 3.27. The van der Waals surface area contributed by atoms with E-state index >= 15 is 0 Å². The minimum absolute atomic E-state index is 0.119. The van der Waals surface area contributed by atoms with Gasteiger partial charge in [0.25, 0.3) is 5.91 Å². The smallest absolute Gasteiger partial charge is 0.265 e. The maximum atomic E-state index is 12.3. The number of carbonyl (C=O) groups excluding carboxylic acids is 1. The number of para-hydroxylation sites is 1. The lowest BCUT2D eigenvalue weighted by Crippen LogP contribution is -2.10. The van der Waals surface area contributed by atoms with E-state index in [0.29, 0.717) is 4.88 Å². The molecule has 0 unspecified atom stereocenters. The summed E-state index contributed by atoms with van der Waals surface area (Å²) in [5, 5.41) is 18.2. The van der Waals surface area contributed by atoms with Gasteiger partial charge in [-0.1, -0.05) is 29.5 Å². The van der Waals surface area contributed by atoms with Crippen LogP contribution in [0.25, 0.3) is 15.5 Å². The summed E-state index contributed by atoms with van der Waals surface area (Å²) in [7, 11) is 0. The molecule has 114 valence electrons. The number of carbonyl (C=O) groups is 1. The van der Waals surface area contributed by atoms with Crippen LogP contribution in [0, 0.1) is 6.92 Å². The molecular weight excluding hydrogens is 330 g/mol. The molecule has 3 aromatic heterocycles. The van der Waals surface area contributed by atoms with Crippen LogP contribution >= 0.6 is 22.7 Å². The van der Waals surface area contributed by atoms with Gasteiger partial charge in [-0.05, 0) is 30.5 Å². The predicted molar refractivity (Wildman–Crippen MR) is 91.1 cm³/mol. The topological polar surface area (TPSA) is 72.2 Å². The van der Waals surface area contributed by atoms with E-state index in [1.54, 1.807) is 10.6 Å². The molecule has 1 amide bonds. The Hall–Kier alpha value is -2.58. The van der Waals surface area contributed by atoms with Gasteiger partial charge in [-0.15, -0.1) is 21.5 Å². The number of aryl methyl sites for hydroxylation is 1. The normalized spacial score (nSPS) is 11.0. The predicted octanol–water partition coefficient (Wildman–Crippen LogP) is 3.48. The first-order valence-electron chi connectivity index (χ1n) is 6.85. The van der Waals surface area contributed by atoms with E-state index in [9.17, 15) is 4.79 Å². The number of rotatable bonds is 3. The van der Waals surface area contributed by atoms with Crippen LogP contribution in [0.1, 0.15) is 15.5 Å². The van der Waals surface area contributed by atoms with E-state index in [1.807, 2.05) is 42.6 Å². The maximum absolute atomic E-state index is 12.3. The molecule has 1 aromatic carbocycles. The van der Waals surface area contributed by atoms with E-state index < -0.39 is 0 Å². The summed E-state index contributed by atoms with van der Waals surface area (Å²) in [6.07, 6.45) is 0. The monoisotopic (exact) mass is 341 g/mol. The number of aromatic nitrogens is 4.